The van der Waals surface area contributed by atoms with Crippen LogP contribution in [0.3, 0.4) is 0 Å². The van der Waals surface area contributed by atoms with Gasteiger partial charge >= 0.3 is 5.97 Å². The lowest BCUT2D eigenvalue weighted by Gasteiger charge is -2.08. The van der Waals surface area contributed by atoms with E-state index in [4.69, 9.17) is 28.8 Å². The van der Waals surface area contributed by atoms with E-state index in [2.05, 4.69) is 26.6 Å². The van der Waals surface area contributed by atoms with E-state index in [0.29, 0.717) is 97.3 Å². The van der Waals surface area contributed by atoms with Crippen LogP contribution in [0.15, 0.2) is 0 Å². The quantitative estimate of drug-likeness (QED) is 0.0532. The number of carboxylic acids is 1. The third-order valence-electron chi connectivity index (χ3n) is 7.29. The van der Waals surface area contributed by atoms with Crippen molar-refractivity contribution in [3.05, 3.63) is 0 Å². The zero-order valence-electron chi connectivity index (χ0n) is 28.5. The molecular weight excluding hydrogens is 660 g/mol. The molecule has 0 fully saturated rings. The summed E-state index contributed by atoms with van der Waals surface area (Å²) in [6.45, 7) is 5.84. The molecule has 0 unspecified atom stereocenters. The van der Waals surface area contributed by atoms with Crippen molar-refractivity contribution in [1.29, 1.82) is 0 Å². The first-order valence-electron chi connectivity index (χ1n) is 17.8. The molecule has 0 rings (SSSR count). The van der Waals surface area contributed by atoms with Crippen molar-refractivity contribution in [1.82, 2.24) is 10.6 Å². The van der Waals surface area contributed by atoms with E-state index in [0.717, 1.165) is 25.7 Å². The Bertz CT molecular complexity index is 689. The van der Waals surface area contributed by atoms with Gasteiger partial charge in [-0.15, -0.1) is 0 Å². The minimum absolute atomic E-state index is 0.0567. The van der Waals surface area contributed by atoms with Crippen LogP contribution >= 0.6 is 15.9 Å². The van der Waals surface area contributed by atoms with Crippen molar-refractivity contribution in [2.45, 2.75) is 116 Å². The summed E-state index contributed by atoms with van der Waals surface area (Å²) >= 11 is 3.08. The van der Waals surface area contributed by atoms with E-state index < -0.39 is 5.97 Å². The van der Waals surface area contributed by atoms with Crippen molar-refractivity contribution in [2.75, 3.05) is 84.5 Å². The molecule has 46 heavy (non-hydrogen) atoms. The van der Waals surface area contributed by atoms with Gasteiger partial charge in [-0.3, -0.25) is 14.4 Å². The zero-order valence-corrected chi connectivity index (χ0v) is 30.1. The predicted octanol–water partition coefficient (Wildman–Crippen LogP) is 5.80. The molecule has 272 valence electrons. The summed E-state index contributed by atoms with van der Waals surface area (Å²) in [7, 11) is 0. The van der Waals surface area contributed by atoms with Gasteiger partial charge in [-0.1, -0.05) is 106 Å². The van der Waals surface area contributed by atoms with Gasteiger partial charge in [0.2, 0.25) is 11.8 Å². The number of ether oxygens (including phenoxy) is 5. The van der Waals surface area contributed by atoms with Gasteiger partial charge in [0.15, 0.2) is 0 Å². The van der Waals surface area contributed by atoms with Crippen LogP contribution < -0.4 is 10.6 Å². The van der Waals surface area contributed by atoms with Crippen LogP contribution in [-0.2, 0) is 38.1 Å². The van der Waals surface area contributed by atoms with Crippen LogP contribution in [-0.4, -0.2) is 107 Å². The summed E-state index contributed by atoms with van der Waals surface area (Å²) in [4.78, 5) is 33.5. The van der Waals surface area contributed by atoms with Crippen molar-refractivity contribution in [2.24, 2.45) is 0 Å². The summed E-state index contributed by atoms with van der Waals surface area (Å²) in [5.74, 6) is -0.635. The molecular formula is C34H65BrN2O9. The number of carbonyl (C=O) groups is 3. The summed E-state index contributed by atoms with van der Waals surface area (Å²) in [6, 6.07) is 0. The van der Waals surface area contributed by atoms with E-state index in [-0.39, 0.29) is 11.8 Å². The Balaban J connectivity index is 3.17. The maximum absolute atomic E-state index is 12.0. The van der Waals surface area contributed by atoms with Gasteiger partial charge in [0.05, 0.1) is 71.4 Å². The monoisotopic (exact) mass is 724 g/mol. The second kappa shape index (κ2) is 38.1. The average Bonchev–Trinajstić information content (AvgIpc) is 3.04. The van der Waals surface area contributed by atoms with Crippen LogP contribution in [0.5, 0.6) is 0 Å². The molecule has 12 heteroatoms. The number of aliphatic carboxylic acids is 1. The molecule has 0 aromatic heterocycles. The van der Waals surface area contributed by atoms with Crippen molar-refractivity contribution in [3.8, 4) is 0 Å². The largest absolute Gasteiger partial charge is 0.481 e. The second-order valence-electron chi connectivity index (χ2n) is 11.4. The molecule has 0 heterocycles. The normalized spacial score (nSPS) is 11.2. The maximum atomic E-state index is 12.0. The highest BCUT2D eigenvalue weighted by molar-refractivity contribution is 9.09. The van der Waals surface area contributed by atoms with E-state index in [9.17, 15) is 14.4 Å². The number of unbranched alkanes of at least 4 members (excludes halogenated alkanes) is 15. The molecule has 0 aliphatic rings. The van der Waals surface area contributed by atoms with Gasteiger partial charge in [0.1, 0.15) is 0 Å². The summed E-state index contributed by atoms with van der Waals surface area (Å²) in [5.41, 5.74) is 0. The highest BCUT2D eigenvalue weighted by Crippen LogP contribution is 2.14. The topological polar surface area (TPSA) is 142 Å². The number of rotatable bonds is 38. The zero-order chi connectivity index (χ0) is 33.6. The summed E-state index contributed by atoms with van der Waals surface area (Å²) in [6.07, 6.45) is 20.3. The lowest BCUT2D eigenvalue weighted by molar-refractivity contribution is -0.137. The number of halogens is 1. The second-order valence-corrected chi connectivity index (χ2v) is 12.0. The van der Waals surface area contributed by atoms with Gasteiger partial charge < -0.3 is 39.4 Å². The van der Waals surface area contributed by atoms with E-state index in [1.54, 1.807) is 0 Å². The molecule has 2 amide bonds. The lowest BCUT2D eigenvalue weighted by atomic mass is 10.0. The number of alkyl halides is 1. The highest BCUT2D eigenvalue weighted by atomic mass is 79.9. The number of amides is 2. The first-order chi connectivity index (χ1) is 22.6. The first-order valence-corrected chi connectivity index (χ1v) is 18.9. The molecule has 0 bridgehead atoms. The Morgan fingerprint density at radius 2 is 0.696 bits per heavy atom. The average molecular weight is 726 g/mol. The van der Waals surface area contributed by atoms with Gasteiger partial charge in [-0.2, -0.15) is 0 Å². The number of carbonyl (C=O) groups excluding carboxylic acids is 2. The SMILES string of the molecule is O=C(O)CCCCCCCCCCCCCCCCCCC(=O)NCCOCCOCCOCCOCCOCCNC(=O)CBr. The van der Waals surface area contributed by atoms with E-state index in [1.165, 1.54) is 77.0 Å². The third-order valence-corrected chi connectivity index (χ3v) is 7.80. The van der Waals surface area contributed by atoms with E-state index in [1.807, 2.05) is 0 Å². The van der Waals surface area contributed by atoms with Crippen LogP contribution in [0.4, 0.5) is 0 Å². The Labute approximate surface area is 287 Å². The van der Waals surface area contributed by atoms with Crippen LogP contribution in [0.25, 0.3) is 0 Å². The van der Waals surface area contributed by atoms with Crippen LogP contribution in [0.1, 0.15) is 116 Å². The smallest absolute Gasteiger partial charge is 0.303 e. The molecule has 0 aliphatic carbocycles. The molecule has 11 nitrogen and oxygen atoms in total. The Morgan fingerprint density at radius 1 is 0.413 bits per heavy atom. The van der Waals surface area contributed by atoms with Crippen LogP contribution in [0, 0.1) is 0 Å². The fraction of sp³-hybridized carbons (Fsp3) is 0.912. The fourth-order valence-corrected chi connectivity index (χ4v) is 4.88. The lowest BCUT2D eigenvalue weighted by Crippen LogP contribution is -2.28. The molecule has 0 aromatic carbocycles. The molecule has 0 atom stereocenters. The van der Waals surface area contributed by atoms with Crippen molar-refractivity contribution >= 4 is 33.7 Å². The molecule has 0 radical (unpaired) electrons. The number of hydrogen-bond acceptors (Lipinski definition) is 8. The van der Waals surface area contributed by atoms with Crippen LogP contribution in [0.2, 0.25) is 0 Å². The van der Waals surface area contributed by atoms with E-state index >= 15 is 0 Å². The van der Waals surface area contributed by atoms with Gasteiger partial charge in [-0.05, 0) is 12.8 Å². The Kier molecular flexibility index (Phi) is 37.1. The minimum atomic E-state index is -0.678. The number of carboxylic acid groups (broad SMARTS) is 1. The first kappa shape index (κ1) is 44.7. The highest BCUT2D eigenvalue weighted by Gasteiger charge is 2.02. The Hall–Kier alpha value is -1.31. The molecule has 0 aromatic rings. The molecule has 3 N–H and O–H groups in total. The summed E-state index contributed by atoms with van der Waals surface area (Å²) in [5, 5.41) is 14.5. The fourth-order valence-electron chi connectivity index (χ4n) is 4.68. The minimum Gasteiger partial charge on any atom is -0.481 e. The molecule has 0 spiro atoms. The molecule has 0 saturated carbocycles. The maximum Gasteiger partial charge on any atom is 0.303 e. The molecule has 0 saturated heterocycles. The van der Waals surface area contributed by atoms with Crippen molar-refractivity contribution < 1.29 is 43.2 Å². The third kappa shape index (κ3) is 38.9. The number of hydrogen-bond donors (Lipinski definition) is 3. The van der Waals surface area contributed by atoms with Crippen molar-refractivity contribution in [3.63, 3.8) is 0 Å². The number of nitrogens with one attached hydrogen (secondary N) is 2. The molecule has 0 aliphatic heterocycles. The summed E-state index contributed by atoms with van der Waals surface area (Å²) < 4.78 is 27.2. The standard InChI is InChI=1S/C34H65BrN2O9/c35-31-33(39)37-20-22-43-24-26-45-28-30-46-29-27-44-25-23-42-21-19-36-32(38)17-15-13-11-9-7-5-3-1-2-4-6-8-10-12-14-16-18-34(40)41/h1-31H2,(H,36,38)(H,37,39)(H,40,41). The van der Waals surface area contributed by atoms with Gasteiger partial charge in [0, 0.05) is 25.9 Å². The van der Waals surface area contributed by atoms with Gasteiger partial charge in [-0.25, -0.2) is 0 Å². The Morgan fingerprint density at radius 3 is 1.02 bits per heavy atom. The predicted molar refractivity (Wildman–Crippen MR) is 185 cm³/mol. The van der Waals surface area contributed by atoms with Gasteiger partial charge in [0.25, 0.3) is 0 Å².